The van der Waals surface area contributed by atoms with Gasteiger partial charge in [0.2, 0.25) is 14.8 Å². The fraction of sp³-hybridized carbons (Fsp3) is 0.316. The van der Waals surface area contributed by atoms with E-state index in [0.29, 0.717) is 5.75 Å². The molecule has 0 heterocycles. The number of sulfone groups is 1. The number of carbonyl (C=O) groups is 1. The summed E-state index contributed by atoms with van der Waals surface area (Å²) in [5, 5.41) is 0. The van der Waals surface area contributed by atoms with Crippen molar-refractivity contribution >= 4 is 15.9 Å². The second-order valence-electron chi connectivity index (χ2n) is 6.83. The molecular formula is C19H23NO5S. The van der Waals surface area contributed by atoms with Crippen molar-refractivity contribution in [2.24, 2.45) is 11.1 Å². The molecule has 0 bridgehead atoms. The minimum absolute atomic E-state index is 0.0343. The first-order valence-electron chi connectivity index (χ1n) is 7.99. The first-order valence-corrected chi connectivity index (χ1v) is 9.47. The van der Waals surface area contributed by atoms with E-state index < -0.39 is 26.3 Å². The fourth-order valence-corrected chi connectivity index (χ4v) is 5.27. The number of benzene rings is 2. The molecule has 140 valence electrons. The van der Waals surface area contributed by atoms with Crippen molar-refractivity contribution in [2.75, 3.05) is 7.11 Å². The Morgan fingerprint density at radius 3 is 1.92 bits per heavy atom. The van der Waals surface area contributed by atoms with Crippen molar-refractivity contribution in [3.63, 3.8) is 0 Å². The van der Waals surface area contributed by atoms with Crippen molar-refractivity contribution in [1.82, 2.24) is 0 Å². The quantitative estimate of drug-likeness (QED) is 0.861. The van der Waals surface area contributed by atoms with E-state index in [1.807, 2.05) is 0 Å². The third-order valence-electron chi connectivity index (χ3n) is 4.13. The lowest BCUT2D eigenvalue weighted by molar-refractivity contribution is -0.00301. The molecule has 0 saturated heterocycles. The number of carbonyl (C=O) groups excluding carboxylic acids is 1. The van der Waals surface area contributed by atoms with E-state index in [0.717, 1.165) is 0 Å². The van der Waals surface area contributed by atoms with E-state index >= 15 is 0 Å². The summed E-state index contributed by atoms with van der Waals surface area (Å²) in [5.74, 6) is 0.549. The molecule has 1 atom stereocenters. The Labute approximate surface area is 153 Å². The topological polar surface area (TPSA) is 95.7 Å². The molecule has 7 heteroatoms. The van der Waals surface area contributed by atoms with Gasteiger partial charge in [0.1, 0.15) is 5.75 Å². The minimum Gasteiger partial charge on any atom is -0.497 e. The number of hydrogen-bond donors (Lipinski definition) is 1. The van der Waals surface area contributed by atoms with Gasteiger partial charge in [0.15, 0.2) is 0 Å². The molecule has 6 nitrogen and oxygen atoms in total. The van der Waals surface area contributed by atoms with Crippen LogP contribution in [-0.2, 0) is 19.5 Å². The Morgan fingerprint density at radius 2 is 1.50 bits per heavy atom. The lowest BCUT2D eigenvalue weighted by Crippen LogP contribution is -2.51. The highest BCUT2D eigenvalue weighted by Crippen LogP contribution is 2.50. The zero-order valence-corrected chi connectivity index (χ0v) is 16.0. The number of methoxy groups -OCH3 is 1. The van der Waals surface area contributed by atoms with Gasteiger partial charge in [0.05, 0.1) is 12.0 Å². The minimum atomic E-state index is -4.15. The van der Waals surface area contributed by atoms with Gasteiger partial charge in [-0.15, -0.1) is 0 Å². The predicted molar refractivity (Wildman–Crippen MR) is 98.4 cm³/mol. The van der Waals surface area contributed by atoms with Crippen LogP contribution in [0, 0.1) is 5.41 Å². The molecule has 0 aliphatic heterocycles. The van der Waals surface area contributed by atoms with Crippen LogP contribution in [0.5, 0.6) is 5.75 Å². The number of rotatable bonds is 5. The Kier molecular flexibility index (Phi) is 5.32. The highest BCUT2D eigenvalue weighted by Gasteiger charge is 2.58. The van der Waals surface area contributed by atoms with Gasteiger partial charge in [0, 0.05) is 11.0 Å². The van der Waals surface area contributed by atoms with Gasteiger partial charge in [-0.2, -0.15) is 0 Å². The van der Waals surface area contributed by atoms with Gasteiger partial charge in [0.25, 0.3) is 0 Å². The molecule has 2 N–H and O–H groups in total. The third-order valence-corrected chi connectivity index (χ3v) is 6.71. The highest BCUT2D eigenvalue weighted by molar-refractivity contribution is 7.92. The molecule has 0 radical (unpaired) electrons. The Bertz CT molecular complexity index is 870. The van der Waals surface area contributed by atoms with Crippen LogP contribution in [0.2, 0.25) is 0 Å². The Balaban J connectivity index is 2.85. The molecule has 0 aromatic heterocycles. The van der Waals surface area contributed by atoms with Crippen molar-refractivity contribution in [3.05, 3.63) is 60.2 Å². The van der Waals surface area contributed by atoms with Crippen molar-refractivity contribution < 1.29 is 22.7 Å². The van der Waals surface area contributed by atoms with Crippen molar-refractivity contribution in [1.29, 1.82) is 0 Å². The standard InChI is InChI=1S/C19H23NO5S/c1-18(2,3)19(25-17(20)21,14-10-12-15(24-4)13-11-14)26(22,23)16-8-6-5-7-9-16/h5-13H,1-4H3,(H2,20,21). The van der Waals surface area contributed by atoms with Crippen LogP contribution in [0.4, 0.5) is 4.79 Å². The predicted octanol–water partition coefficient (Wildman–Crippen LogP) is 3.46. The number of ether oxygens (including phenoxy) is 2. The highest BCUT2D eigenvalue weighted by atomic mass is 32.2. The first kappa shape index (κ1) is 19.8. The summed E-state index contributed by atoms with van der Waals surface area (Å²) < 4.78 is 37.8. The van der Waals surface area contributed by atoms with Gasteiger partial charge >= 0.3 is 6.09 Å². The molecule has 26 heavy (non-hydrogen) atoms. The number of nitrogens with two attached hydrogens (primary N) is 1. The number of amides is 1. The van der Waals surface area contributed by atoms with Gasteiger partial charge in [-0.25, -0.2) is 13.2 Å². The van der Waals surface area contributed by atoms with Gasteiger partial charge in [-0.1, -0.05) is 51.1 Å². The van der Waals surface area contributed by atoms with E-state index in [2.05, 4.69) is 0 Å². The van der Waals surface area contributed by atoms with Crippen LogP contribution in [0.25, 0.3) is 0 Å². The van der Waals surface area contributed by atoms with Crippen molar-refractivity contribution in [3.8, 4) is 5.75 Å². The maximum Gasteiger partial charge on any atom is 0.406 e. The van der Waals surface area contributed by atoms with E-state index in [4.69, 9.17) is 15.2 Å². The van der Waals surface area contributed by atoms with Crippen LogP contribution in [-0.4, -0.2) is 21.6 Å². The van der Waals surface area contributed by atoms with Crippen molar-refractivity contribution in [2.45, 2.75) is 30.6 Å². The normalized spacial score (nSPS) is 14.3. The van der Waals surface area contributed by atoms with E-state index in [-0.39, 0.29) is 10.5 Å². The Morgan fingerprint density at radius 1 is 0.962 bits per heavy atom. The molecule has 0 saturated carbocycles. The summed E-state index contributed by atoms with van der Waals surface area (Å²) >= 11 is 0. The summed E-state index contributed by atoms with van der Waals surface area (Å²) in [6, 6.07) is 14.2. The van der Waals surface area contributed by atoms with Crippen LogP contribution in [0.1, 0.15) is 26.3 Å². The van der Waals surface area contributed by atoms with E-state index in [1.54, 1.807) is 63.2 Å². The maximum absolute atomic E-state index is 13.6. The Hall–Kier alpha value is -2.54. The van der Waals surface area contributed by atoms with Crippen LogP contribution < -0.4 is 10.5 Å². The van der Waals surface area contributed by atoms with E-state index in [9.17, 15) is 13.2 Å². The number of hydrogen-bond acceptors (Lipinski definition) is 5. The monoisotopic (exact) mass is 377 g/mol. The lowest BCUT2D eigenvalue weighted by atomic mass is 9.83. The van der Waals surface area contributed by atoms with E-state index in [1.165, 1.54) is 19.2 Å². The zero-order chi connectivity index (χ0) is 19.6. The average molecular weight is 377 g/mol. The van der Waals surface area contributed by atoms with Crippen LogP contribution in [0.3, 0.4) is 0 Å². The van der Waals surface area contributed by atoms with Gasteiger partial charge < -0.3 is 15.2 Å². The second kappa shape index (κ2) is 6.99. The first-order chi connectivity index (χ1) is 12.1. The summed E-state index contributed by atoms with van der Waals surface area (Å²) in [6.07, 6.45) is -1.17. The van der Waals surface area contributed by atoms with Crippen LogP contribution in [0.15, 0.2) is 59.5 Å². The molecule has 2 aromatic rings. The van der Waals surface area contributed by atoms with Gasteiger partial charge in [-0.3, -0.25) is 0 Å². The summed E-state index contributed by atoms with van der Waals surface area (Å²) in [5.41, 5.74) is 4.56. The summed E-state index contributed by atoms with van der Waals surface area (Å²) in [7, 11) is -2.65. The maximum atomic E-state index is 13.6. The molecule has 0 fully saturated rings. The van der Waals surface area contributed by atoms with Crippen LogP contribution >= 0.6 is 0 Å². The summed E-state index contributed by atoms with van der Waals surface area (Å²) in [4.78, 5) is 9.77. The average Bonchev–Trinajstić information content (AvgIpc) is 2.59. The zero-order valence-electron chi connectivity index (χ0n) is 15.2. The molecule has 2 rings (SSSR count). The molecule has 1 amide bonds. The van der Waals surface area contributed by atoms with Gasteiger partial charge in [-0.05, 0) is 24.3 Å². The number of primary amides is 1. The summed E-state index contributed by atoms with van der Waals surface area (Å²) in [6.45, 7) is 5.04. The second-order valence-corrected chi connectivity index (χ2v) is 8.89. The molecule has 0 spiro atoms. The smallest absolute Gasteiger partial charge is 0.406 e. The lowest BCUT2D eigenvalue weighted by Gasteiger charge is -2.42. The molecule has 0 aliphatic carbocycles. The fourth-order valence-electron chi connectivity index (χ4n) is 2.98. The molecule has 2 aromatic carbocycles. The molecule has 0 aliphatic rings. The largest absolute Gasteiger partial charge is 0.497 e. The third kappa shape index (κ3) is 3.26. The molecule has 1 unspecified atom stereocenters. The SMILES string of the molecule is COc1ccc(C(OC(N)=O)(C(C)(C)C)S(=O)(=O)c2ccccc2)cc1. The molecular weight excluding hydrogens is 354 g/mol.